The van der Waals surface area contributed by atoms with Gasteiger partial charge in [-0.15, -0.1) is 0 Å². The van der Waals surface area contributed by atoms with Crippen LogP contribution in [0.25, 0.3) is 0 Å². The molecule has 6 nitrogen and oxygen atoms in total. The van der Waals surface area contributed by atoms with Crippen LogP contribution in [-0.4, -0.2) is 52.8 Å². The number of ether oxygens (including phenoxy) is 1. The second-order valence-electron chi connectivity index (χ2n) is 4.45. The molecule has 1 saturated heterocycles. The summed E-state index contributed by atoms with van der Waals surface area (Å²) in [5.41, 5.74) is 0.348. The molecule has 2 atom stereocenters. The number of phenols is 1. The van der Waals surface area contributed by atoms with Gasteiger partial charge in [0, 0.05) is 25.6 Å². The van der Waals surface area contributed by atoms with Gasteiger partial charge in [0.1, 0.15) is 11.8 Å². The van der Waals surface area contributed by atoms with E-state index < -0.39 is 12.0 Å². The van der Waals surface area contributed by atoms with Crippen LogP contribution in [0.2, 0.25) is 0 Å². The summed E-state index contributed by atoms with van der Waals surface area (Å²) in [6.45, 7) is 0.257. The van der Waals surface area contributed by atoms with Crippen molar-refractivity contribution in [1.82, 2.24) is 4.90 Å². The summed E-state index contributed by atoms with van der Waals surface area (Å²) >= 11 is 0. The number of aromatic hydroxyl groups is 1. The number of hydrogen-bond acceptors (Lipinski definition) is 4. The van der Waals surface area contributed by atoms with Crippen molar-refractivity contribution in [1.29, 1.82) is 0 Å². The molecule has 1 aliphatic heterocycles. The lowest BCUT2D eigenvalue weighted by Crippen LogP contribution is -2.40. The Morgan fingerprint density at radius 2 is 1.95 bits per heavy atom. The fourth-order valence-electron chi connectivity index (χ4n) is 2.20. The normalized spacial score (nSPS) is 22.5. The van der Waals surface area contributed by atoms with Gasteiger partial charge >= 0.3 is 5.97 Å². The average Bonchev–Trinajstić information content (AvgIpc) is 2.83. The predicted molar refractivity (Wildman–Crippen MR) is 66.0 cm³/mol. The number of nitrogens with zero attached hydrogens (tertiary/aromatic N) is 1. The number of methoxy groups -OCH3 is 1. The topological polar surface area (TPSA) is 87.1 Å². The first-order chi connectivity index (χ1) is 9.02. The second kappa shape index (κ2) is 5.27. The predicted octanol–water partition coefficient (Wildman–Crippen LogP) is 0.706. The van der Waals surface area contributed by atoms with Crippen LogP contribution in [-0.2, 0) is 9.53 Å². The van der Waals surface area contributed by atoms with E-state index in [1.165, 1.54) is 36.3 Å². The molecule has 2 N–H and O–H groups in total. The minimum atomic E-state index is -1.04. The SMILES string of the molecule is COC1CC(C(=O)O)N(C(=O)c2ccc(O)cc2)C1. The third-order valence-electron chi connectivity index (χ3n) is 3.26. The zero-order valence-corrected chi connectivity index (χ0v) is 10.4. The number of amides is 1. The Balaban J connectivity index is 2.21. The second-order valence-corrected chi connectivity index (χ2v) is 4.45. The van der Waals surface area contributed by atoms with Gasteiger partial charge in [0.05, 0.1) is 6.10 Å². The van der Waals surface area contributed by atoms with Crippen LogP contribution >= 0.6 is 0 Å². The maximum Gasteiger partial charge on any atom is 0.326 e. The number of likely N-dealkylation sites (tertiary alicyclic amines) is 1. The van der Waals surface area contributed by atoms with Crippen molar-refractivity contribution in [3.63, 3.8) is 0 Å². The lowest BCUT2D eigenvalue weighted by molar-refractivity contribution is -0.141. The van der Waals surface area contributed by atoms with E-state index in [0.29, 0.717) is 5.56 Å². The third kappa shape index (κ3) is 2.68. The molecule has 0 aromatic heterocycles. The van der Waals surface area contributed by atoms with Crippen molar-refractivity contribution in [2.45, 2.75) is 18.6 Å². The first kappa shape index (κ1) is 13.4. The molecule has 0 spiro atoms. The molecule has 6 heteroatoms. The zero-order chi connectivity index (χ0) is 14.0. The quantitative estimate of drug-likeness (QED) is 0.840. The van der Waals surface area contributed by atoms with Crippen LogP contribution in [0.5, 0.6) is 5.75 Å². The number of carbonyl (C=O) groups is 2. The van der Waals surface area contributed by atoms with Gasteiger partial charge in [0.15, 0.2) is 0 Å². The molecule has 2 unspecified atom stereocenters. The summed E-state index contributed by atoms with van der Waals surface area (Å²) < 4.78 is 5.13. The van der Waals surface area contributed by atoms with Gasteiger partial charge in [-0.2, -0.15) is 0 Å². The highest BCUT2D eigenvalue weighted by Gasteiger charge is 2.40. The van der Waals surface area contributed by atoms with Crippen LogP contribution in [0.15, 0.2) is 24.3 Å². The molecule has 2 rings (SSSR count). The number of benzene rings is 1. The Labute approximate surface area is 110 Å². The molecule has 1 amide bonds. The lowest BCUT2D eigenvalue weighted by atomic mass is 10.1. The van der Waals surface area contributed by atoms with Gasteiger partial charge in [-0.3, -0.25) is 4.79 Å². The summed E-state index contributed by atoms with van der Waals surface area (Å²) in [4.78, 5) is 24.7. The van der Waals surface area contributed by atoms with Crippen molar-refractivity contribution < 1.29 is 24.5 Å². The maximum absolute atomic E-state index is 12.3. The smallest absolute Gasteiger partial charge is 0.326 e. The number of phenolic OH excluding ortho intramolecular Hbond substituents is 1. The van der Waals surface area contributed by atoms with Crippen LogP contribution in [0.4, 0.5) is 0 Å². The Bertz CT molecular complexity index is 484. The standard InChI is InChI=1S/C13H15NO5/c1-19-10-6-11(13(17)18)14(7-10)12(16)8-2-4-9(15)5-3-8/h2-5,10-11,15H,6-7H2,1H3,(H,17,18). The van der Waals surface area contributed by atoms with E-state index in [9.17, 15) is 14.7 Å². The van der Waals surface area contributed by atoms with E-state index in [1.807, 2.05) is 0 Å². The summed E-state index contributed by atoms with van der Waals surface area (Å²) in [5, 5.41) is 18.3. The van der Waals surface area contributed by atoms with E-state index in [-0.39, 0.29) is 30.7 Å². The zero-order valence-electron chi connectivity index (χ0n) is 10.4. The van der Waals surface area contributed by atoms with Crippen molar-refractivity contribution in [2.24, 2.45) is 0 Å². The maximum atomic E-state index is 12.3. The Morgan fingerprint density at radius 3 is 2.47 bits per heavy atom. The van der Waals surface area contributed by atoms with E-state index in [0.717, 1.165) is 0 Å². The first-order valence-corrected chi connectivity index (χ1v) is 5.88. The molecular weight excluding hydrogens is 250 g/mol. The third-order valence-corrected chi connectivity index (χ3v) is 3.26. The van der Waals surface area contributed by atoms with E-state index in [1.54, 1.807) is 0 Å². The number of aliphatic carboxylic acids is 1. The van der Waals surface area contributed by atoms with E-state index >= 15 is 0 Å². The fraction of sp³-hybridized carbons (Fsp3) is 0.385. The van der Waals surface area contributed by atoms with Crippen molar-refractivity contribution in [2.75, 3.05) is 13.7 Å². The van der Waals surface area contributed by atoms with Crippen LogP contribution in [0.1, 0.15) is 16.8 Å². The van der Waals surface area contributed by atoms with E-state index in [2.05, 4.69) is 0 Å². The van der Waals surface area contributed by atoms with Crippen LogP contribution in [0.3, 0.4) is 0 Å². The number of rotatable bonds is 3. The molecule has 1 heterocycles. The molecule has 1 fully saturated rings. The Morgan fingerprint density at radius 1 is 1.32 bits per heavy atom. The van der Waals surface area contributed by atoms with Crippen molar-refractivity contribution in [3.05, 3.63) is 29.8 Å². The number of hydrogen-bond donors (Lipinski definition) is 2. The molecule has 0 bridgehead atoms. The van der Waals surface area contributed by atoms with E-state index in [4.69, 9.17) is 9.84 Å². The summed E-state index contributed by atoms with van der Waals surface area (Å²) in [5.74, 6) is -1.35. The highest BCUT2D eigenvalue weighted by molar-refractivity contribution is 5.97. The van der Waals surface area contributed by atoms with Gasteiger partial charge in [-0.25, -0.2) is 4.79 Å². The molecule has 1 aliphatic rings. The van der Waals surface area contributed by atoms with Crippen molar-refractivity contribution in [3.8, 4) is 5.75 Å². The minimum absolute atomic E-state index is 0.0579. The summed E-state index contributed by atoms with van der Waals surface area (Å²) in [6.07, 6.45) is 0.0255. The molecule has 102 valence electrons. The molecule has 1 aromatic rings. The molecule has 0 saturated carbocycles. The molecule has 0 aliphatic carbocycles. The highest BCUT2D eigenvalue weighted by Crippen LogP contribution is 2.23. The average molecular weight is 265 g/mol. The van der Waals surface area contributed by atoms with Gasteiger partial charge in [-0.05, 0) is 24.3 Å². The van der Waals surface area contributed by atoms with Gasteiger partial charge < -0.3 is 19.8 Å². The van der Waals surface area contributed by atoms with Crippen LogP contribution in [0, 0.1) is 0 Å². The number of carboxylic acids is 1. The summed E-state index contributed by atoms with van der Waals surface area (Å²) in [6, 6.07) is 4.86. The number of carbonyl (C=O) groups excluding carboxylic acids is 1. The number of carboxylic acid groups (broad SMARTS) is 1. The largest absolute Gasteiger partial charge is 0.508 e. The Kier molecular flexibility index (Phi) is 3.71. The molecule has 19 heavy (non-hydrogen) atoms. The fourth-order valence-corrected chi connectivity index (χ4v) is 2.20. The monoisotopic (exact) mass is 265 g/mol. The lowest BCUT2D eigenvalue weighted by Gasteiger charge is -2.21. The summed E-state index contributed by atoms with van der Waals surface area (Å²) in [7, 11) is 1.50. The van der Waals surface area contributed by atoms with Gasteiger partial charge in [0.25, 0.3) is 5.91 Å². The molecular formula is C13H15NO5. The first-order valence-electron chi connectivity index (χ1n) is 5.88. The van der Waals surface area contributed by atoms with Gasteiger partial charge in [-0.1, -0.05) is 0 Å². The van der Waals surface area contributed by atoms with Crippen LogP contribution < -0.4 is 0 Å². The van der Waals surface area contributed by atoms with Gasteiger partial charge in [0.2, 0.25) is 0 Å². The Hall–Kier alpha value is -2.08. The minimum Gasteiger partial charge on any atom is -0.508 e. The highest BCUT2D eigenvalue weighted by atomic mass is 16.5. The molecule has 1 aromatic carbocycles. The molecule has 0 radical (unpaired) electrons. The van der Waals surface area contributed by atoms with Crippen molar-refractivity contribution >= 4 is 11.9 Å².